The van der Waals surface area contributed by atoms with Crippen molar-refractivity contribution in [3.05, 3.63) is 41.6 Å². The fourth-order valence-corrected chi connectivity index (χ4v) is 2.83. The Morgan fingerprint density at radius 1 is 1.30 bits per heavy atom. The fraction of sp³-hybridized carbons (Fsp3) is 0.471. The van der Waals surface area contributed by atoms with Crippen LogP contribution in [0.5, 0.6) is 0 Å². The number of nitrogens with one attached hydrogen (secondary N) is 1. The van der Waals surface area contributed by atoms with E-state index < -0.39 is 0 Å². The van der Waals surface area contributed by atoms with Gasteiger partial charge >= 0.3 is 0 Å². The molecule has 0 amide bonds. The number of nitrogens with zero attached hydrogens (tertiary/aromatic N) is 1. The fourth-order valence-electron chi connectivity index (χ4n) is 2.83. The third-order valence-corrected chi connectivity index (χ3v) is 3.97. The van der Waals surface area contributed by atoms with Gasteiger partial charge in [-0.3, -0.25) is 4.98 Å². The molecule has 0 bridgehead atoms. The van der Waals surface area contributed by atoms with Crippen LogP contribution in [-0.2, 0) is 11.3 Å². The van der Waals surface area contributed by atoms with E-state index in [9.17, 15) is 0 Å². The van der Waals surface area contributed by atoms with Gasteiger partial charge in [-0.15, -0.1) is 0 Å². The zero-order chi connectivity index (χ0) is 13.9. The lowest BCUT2D eigenvalue weighted by Crippen LogP contribution is -2.37. The molecule has 2 unspecified atom stereocenters. The molecule has 0 spiro atoms. The molecule has 2 heterocycles. The van der Waals surface area contributed by atoms with Crippen LogP contribution in [0.1, 0.15) is 31.0 Å². The summed E-state index contributed by atoms with van der Waals surface area (Å²) < 4.78 is 5.58. The van der Waals surface area contributed by atoms with E-state index >= 15 is 0 Å². The minimum absolute atomic E-state index is 0.380. The third-order valence-electron chi connectivity index (χ3n) is 3.97. The predicted octanol–water partition coefficient (Wildman–Crippen LogP) is 3.20. The summed E-state index contributed by atoms with van der Waals surface area (Å²) in [7, 11) is 0. The minimum atomic E-state index is 0.380. The molecular weight excluding hydrogens is 248 g/mol. The van der Waals surface area contributed by atoms with E-state index in [2.05, 4.69) is 47.6 Å². The van der Waals surface area contributed by atoms with E-state index in [1.807, 2.05) is 6.92 Å². The van der Waals surface area contributed by atoms with Gasteiger partial charge in [0, 0.05) is 30.3 Å². The Bertz CT molecular complexity index is 597. The zero-order valence-electron chi connectivity index (χ0n) is 12.2. The van der Waals surface area contributed by atoms with Gasteiger partial charge in [0.1, 0.15) is 0 Å². The Kier molecular flexibility index (Phi) is 3.99. The van der Waals surface area contributed by atoms with Gasteiger partial charge < -0.3 is 10.1 Å². The number of ether oxygens (including phenoxy) is 1. The van der Waals surface area contributed by atoms with Crippen molar-refractivity contribution in [2.75, 3.05) is 6.61 Å². The van der Waals surface area contributed by atoms with Crippen molar-refractivity contribution in [3.8, 4) is 0 Å². The van der Waals surface area contributed by atoms with Gasteiger partial charge in [0.05, 0.1) is 11.6 Å². The van der Waals surface area contributed by atoms with Crippen molar-refractivity contribution < 1.29 is 4.74 Å². The topological polar surface area (TPSA) is 34.1 Å². The number of pyridine rings is 1. The van der Waals surface area contributed by atoms with Gasteiger partial charge in [0.15, 0.2) is 0 Å². The molecule has 3 nitrogen and oxygen atoms in total. The number of hydrogen-bond acceptors (Lipinski definition) is 3. The van der Waals surface area contributed by atoms with E-state index in [0.29, 0.717) is 12.1 Å². The first-order chi connectivity index (χ1) is 9.70. The molecule has 106 valence electrons. The second-order valence-corrected chi connectivity index (χ2v) is 5.76. The molecule has 1 aliphatic rings. The number of fused-ring (bicyclic) bond motifs is 1. The van der Waals surface area contributed by atoms with Gasteiger partial charge in [0.25, 0.3) is 0 Å². The number of aryl methyl sites for hydroxylation is 1. The van der Waals surface area contributed by atoms with Crippen molar-refractivity contribution in [1.29, 1.82) is 0 Å². The molecule has 20 heavy (non-hydrogen) atoms. The number of aromatic nitrogens is 1. The monoisotopic (exact) mass is 270 g/mol. The Morgan fingerprint density at radius 2 is 2.20 bits per heavy atom. The van der Waals surface area contributed by atoms with Crippen molar-refractivity contribution in [2.24, 2.45) is 0 Å². The lowest BCUT2D eigenvalue weighted by Gasteiger charge is -2.28. The average molecular weight is 270 g/mol. The van der Waals surface area contributed by atoms with Gasteiger partial charge in [-0.1, -0.05) is 12.1 Å². The quantitative estimate of drug-likeness (QED) is 0.930. The van der Waals surface area contributed by atoms with Gasteiger partial charge in [-0.2, -0.15) is 0 Å². The molecule has 0 saturated carbocycles. The highest BCUT2D eigenvalue weighted by molar-refractivity contribution is 5.79. The first kappa shape index (κ1) is 13.5. The van der Waals surface area contributed by atoms with Crippen LogP contribution in [-0.4, -0.2) is 23.7 Å². The van der Waals surface area contributed by atoms with Crippen molar-refractivity contribution in [3.63, 3.8) is 0 Å². The smallest absolute Gasteiger partial charge is 0.0705 e. The maximum Gasteiger partial charge on any atom is 0.0705 e. The normalized spacial score (nSPS) is 23.1. The molecule has 1 aromatic carbocycles. The second-order valence-electron chi connectivity index (χ2n) is 5.76. The Balaban J connectivity index is 1.67. The molecule has 0 radical (unpaired) electrons. The molecule has 2 aromatic rings. The molecule has 1 aromatic heterocycles. The van der Waals surface area contributed by atoms with E-state index in [0.717, 1.165) is 37.2 Å². The van der Waals surface area contributed by atoms with Gasteiger partial charge in [-0.25, -0.2) is 0 Å². The van der Waals surface area contributed by atoms with Crippen LogP contribution in [0, 0.1) is 6.92 Å². The maximum atomic E-state index is 5.58. The molecule has 1 saturated heterocycles. The summed E-state index contributed by atoms with van der Waals surface area (Å²) in [5.74, 6) is 0. The highest BCUT2D eigenvalue weighted by atomic mass is 16.5. The molecule has 3 heteroatoms. The van der Waals surface area contributed by atoms with Crippen LogP contribution in [0.4, 0.5) is 0 Å². The Morgan fingerprint density at radius 3 is 3.05 bits per heavy atom. The van der Waals surface area contributed by atoms with Crippen molar-refractivity contribution in [2.45, 2.75) is 45.4 Å². The summed E-state index contributed by atoms with van der Waals surface area (Å²) in [6, 6.07) is 11.3. The molecule has 2 atom stereocenters. The summed E-state index contributed by atoms with van der Waals surface area (Å²) in [5.41, 5.74) is 3.47. The van der Waals surface area contributed by atoms with Gasteiger partial charge in [-0.05, 0) is 50.5 Å². The van der Waals surface area contributed by atoms with Crippen LogP contribution < -0.4 is 5.32 Å². The number of benzene rings is 1. The molecule has 3 rings (SSSR count). The van der Waals surface area contributed by atoms with Crippen LogP contribution in [0.3, 0.4) is 0 Å². The summed E-state index contributed by atoms with van der Waals surface area (Å²) >= 11 is 0. The Labute approximate surface area is 120 Å². The largest absolute Gasteiger partial charge is 0.378 e. The first-order valence-corrected chi connectivity index (χ1v) is 7.42. The third kappa shape index (κ3) is 3.17. The first-order valence-electron chi connectivity index (χ1n) is 7.42. The van der Waals surface area contributed by atoms with E-state index in [-0.39, 0.29) is 0 Å². The maximum absolute atomic E-state index is 5.58. The van der Waals surface area contributed by atoms with Crippen LogP contribution in [0.25, 0.3) is 10.9 Å². The highest BCUT2D eigenvalue weighted by Crippen LogP contribution is 2.17. The van der Waals surface area contributed by atoms with Crippen LogP contribution in [0.2, 0.25) is 0 Å². The summed E-state index contributed by atoms with van der Waals surface area (Å²) in [4.78, 5) is 4.54. The lowest BCUT2D eigenvalue weighted by atomic mass is 10.0. The average Bonchev–Trinajstić information content (AvgIpc) is 2.45. The molecule has 1 aliphatic heterocycles. The van der Waals surface area contributed by atoms with Crippen molar-refractivity contribution >= 4 is 10.9 Å². The predicted molar refractivity (Wildman–Crippen MR) is 81.8 cm³/mol. The van der Waals surface area contributed by atoms with Gasteiger partial charge in [0.2, 0.25) is 0 Å². The SMILES string of the molecule is Cc1ccc2cc(CNC3CCOC(C)C3)ccc2n1. The van der Waals surface area contributed by atoms with Crippen LogP contribution in [0.15, 0.2) is 30.3 Å². The minimum Gasteiger partial charge on any atom is -0.378 e. The molecule has 1 N–H and O–H groups in total. The van der Waals surface area contributed by atoms with E-state index in [1.165, 1.54) is 10.9 Å². The number of hydrogen-bond donors (Lipinski definition) is 1. The lowest BCUT2D eigenvalue weighted by molar-refractivity contribution is 0.0130. The summed E-state index contributed by atoms with van der Waals surface area (Å²) in [5, 5.41) is 4.86. The van der Waals surface area contributed by atoms with E-state index in [4.69, 9.17) is 4.74 Å². The zero-order valence-corrected chi connectivity index (χ0v) is 12.2. The molecule has 0 aliphatic carbocycles. The second kappa shape index (κ2) is 5.90. The summed E-state index contributed by atoms with van der Waals surface area (Å²) in [6.45, 7) is 5.97. The number of rotatable bonds is 3. The summed E-state index contributed by atoms with van der Waals surface area (Å²) in [6.07, 6.45) is 2.59. The van der Waals surface area contributed by atoms with Crippen molar-refractivity contribution in [1.82, 2.24) is 10.3 Å². The molecule has 1 fully saturated rings. The van der Waals surface area contributed by atoms with E-state index in [1.54, 1.807) is 0 Å². The van der Waals surface area contributed by atoms with Crippen LogP contribution >= 0.6 is 0 Å². The Hall–Kier alpha value is -1.45. The standard InChI is InChI=1S/C17H22N2O/c1-12-3-5-15-10-14(4-6-17(15)19-12)11-18-16-7-8-20-13(2)9-16/h3-6,10,13,16,18H,7-9,11H2,1-2H3. The highest BCUT2D eigenvalue weighted by Gasteiger charge is 2.18. The molecular formula is C17H22N2O.